The van der Waals surface area contributed by atoms with E-state index in [0.717, 1.165) is 17.7 Å². The molecule has 1 heteroatoms. The molecule has 0 nitrogen and oxygen atoms in total. The average Bonchev–Trinajstić information content (AvgIpc) is 2.42. The minimum atomic E-state index is 0.481. The van der Waals surface area contributed by atoms with E-state index in [-0.39, 0.29) is 0 Å². The molecule has 0 aromatic heterocycles. The molecule has 2 aromatic carbocycles. The molecule has 0 saturated heterocycles. The van der Waals surface area contributed by atoms with Crippen molar-refractivity contribution in [1.29, 1.82) is 0 Å². The summed E-state index contributed by atoms with van der Waals surface area (Å²) in [5.74, 6) is 0.481. The largest absolute Gasteiger partial charge is 0.0900 e. The van der Waals surface area contributed by atoms with Crippen LogP contribution < -0.4 is 0 Å². The molecule has 0 unspecified atom stereocenters. The van der Waals surface area contributed by atoms with Crippen LogP contribution in [0.1, 0.15) is 41.5 Å². The average molecular weight is 282 g/mol. The molecule has 0 saturated carbocycles. The van der Waals surface area contributed by atoms with Gasteiger partial charge < -0.3 is 0 Å². The van der Waals surface area contributed by atoms with Gasteiger partial charge >= 0.3 is 0 Å². The van der Waals surface area contributed by atoms with Gasteiger partial charge in [0.25, 0.3) is 0 Å². The summed E-state index contributed by atoms with van der Waals surface area (Å²) in [6.45, 7) is 6.40. The van der Waals surface area contributed by atoms with Gasteiger partial charge in [-0.1, -0.05) is 60.7 Å². The zero-order valence-electron chi connectivity index (χ0n) is 12.5. The number of hydrogen-bond acceptors (Lipinski definition) is 1. The van der Waals surface area contributed by atoms with Crippen LogP contribution in [-0.2, 0) is 6.42 Å². The zero-order chi connectivity index (χ0) is 14.5. The fourth-order valence-electron chi connectivity index (χ4n) is 2.57. The summed E-state index contributed by atoms with van der Waals surface area (Å²) in [6, 6.07) is 17.5. The molecule has 104 valence electrons. The van der Waals surface area contributed by atoms with Crippen molar-refractivity contribution < 1.29 is 0 Å². The lowest BCUT2D eigenvalue weighted by Gasteiger charge is -2.18. The smallest absolute Gasteiger partial charge is 0.00761 e. The van der Waals surface area contributed by atoms with Gasteiger partial charge in [-0.15, -0.1) is 0 Å². The molecule has 0 fully saturated rings. The van der Waals surface area contributed by atoms with E-state index in [1.807, 2.05) is 6.92 Å². The summed E-state index contributed by atoms with van der Waals surface area (Å²) in [5.41, 5.74) is 5.50. The van der Waals surface area contributed by atoms with E-state index in [9.17, 15) is 0 Å². The molecule has 2 rings (SSSR count). The van der Waals surface area contributed by atoms with Gasteiger partial charge in [-0.3, -0.25) is 0 Å². The van der Waals surface area contributed by atoms with E-state index in [0.29, 0.717) is 5.92 Å². The highest BCUT2D eigenvalue weighted by atomic mass is 32.1. The summed E-state index contributed by atoms with van der Waals surface area (Å²) >= 11 is 5.35. The molecule has 1 atom stereocenters. The topological polar surface area (TPSA) is 0 Å². The van der Waals surface area contributed by atoms with Crippen LogP contribution >= 0.6 is 12.2 Å². The van der Waals surface area contributed by atoms with Crippen molar-refractivity contribution >= 4 is 17.1 Å². The van der Waals surface area contributed by atoms with E-state index >= 15 is 0 Å². The van der Waals surface area contributed by atoms with Gasteiger partial charge in [-0.05, 0) is 66.6 Å². The Balaban J connectivity index is 2.27. The standard InChI is InChI=1S/C19H22S/c1-14-9-10-18(11-15(14)2)19(12-16(3)20)13-17-7-5-4-6-8-17/h4-11,19H,12-13H2,1-3H3/t19-/m1/s1. The highest BCUT2D eigenvalue weighted by molar-refractivity contribution is 7.80. The van der Waals surface area contributed by atoms with Gasteiger partial charge in [0.2, 0.25) is 0 Å². The van der Waals surface area contributed by atoms with Gasteiger partial charge in [-0.2, -0.15) is 0 Å². The Hall–Kier alpha value is -1.47. The van der Waals surface area contributed by atoms with Gasteiger partial charge in [0, 0.05) is 0 Å². The molecular weight excluding hydrogens is 260 g/mol. The molecule has 2 aromatic rings. The van der Waals surface area contributed by atoms with E-state index in [4.69, 9.17) is 12.2 Å². The highest BCUT2D eigenvalue weighted by Crippen LogP contribution is 2.26. The first-order valence-electron chi connectivity index (χ1n) is 7.17. The van der Waals surface area contributed by atoms with Crippen LogP contribution in [0.15, 0.2) is 48.5 Å². The molecule has 20 heavy (non-hydrogen) atoms. The third kappa shape index (κ3) is 4.01. The fourth-order valence-corrected chi connectivity index (χ4v) is 2.77. The monoisotopic (exact) mass is 282 g/mol. The zero-order valence-corrected chi connectivity index (χ0v) is 13.3. The van der Waals surface area contributed by atoms with E-state index in [1.54, 1.807) is 0 Å². The molecule has 0 aliphatic rings. The van der Waals surface area contributed by atoms with Crippen molar-refractivity contribution in [2.45, 2.75) is 39.5 Å². The van der Waals surface area contributed by atoms with Crippen molar-refractivity contribution in [2.24, 2.45) is 0 Å². The Kier molecular flexibility index (Phi) is 5.08. The van der Waals surface area contributed by atoms with Crippen molar-refractivity contribution in [3.63, 3.8) is 0 Å². The lowest BCUT2D eigenvalue weighted by atomic mass is 9.87. The Labute approximate surface area is 127 Å². The van der Waals surface area contributed by atoms with Crippen molar-refractivity contribution in [3.8, 4) is 0 Å². The highest BCUT2D eigenvalue weighted by Gasteiger charge is 2.14. The molecule has 0 radical (unpaired) electrons. The summed E-state index contributed by atoms with van der Waals surface area (Å²) in [6.07, 6.45) is 2.03. The molecule has 0 spiro atoms. The second-order valence-electron chi connectivity index (χ2n) is 5.64. The van der Waals surface area contributed by atoms with Crippen molar-refractivity contribution in [1.82, 2.24) is 0 Å². The van der Waals surface area contributed by atoms with Crippen LogP contribution in [-0.4, -0.2) is 4.86 Å². The Bertz CT molecular complexity index is 584. The Morgan fingerprint density at radius 3 is 2.30 bits per heavy atom. The summed E-state index contributed by atoms with van der Waals surface area (Å²) in [5, 5.41) is 0. The van der Waals surface area contributed by atoms with E-state index in [1.165, 1.54) is 22.3 Å². The van der Waals surface area contributed by atoms with Crippen LogP contribution in [0.3, 0.4) is 0 Å². The minimum absolute atomic E-state index is 0.481. The summed E-state index contributed by atoms with van der Waals surface area (Å²) < 4.78 is 0. The number of aryl methyl sites for hydroxylation is 2. The van der Waals surface area contributed by atoms with E-state index in [2.05, 4.69) is 62.4 Å². The minimum Gasteiger partial charge on any atom is -0.0900 e. The molecule has 0 aliphatic heterocycles. The van der Waals surface area contributed by atoms with Crippen molar-refractivity contribution in [3.05, 3.63) is 70.8 Å². The maximum absolute atomic E-state index is 5.35. The first-order valence-corrected chi connectivity index (χ1v) is 7.57. The van der Waals surface area contributed by atoms with Crippen molar-refractivity contribution in [2.75, 3.05) is 0 Å². The van der Waals surface area contributed by atoms with Gasteiger partial charge in [0.1, 0.15) is 0 Å². The van der Waals surface area contributed by atoms with Gasteiger partial charge in [0.05, 0.1) is 0 Å². The SMILES string of the molecule is CC(=S)C[C@H](Cc1ccccc1)c1ccc(C)c(C)c1. The summed E-state index contributed by atoms with van der Waals surface area (Å²) in [7, 11) is 0. The van der Waals surface area contributed by atoms with Crippen LogP contribution in [0.4, 0.5) is 0 Å². The number of benzene rings is 2. The predicted octanol–water partition coefficient (Wildman–Crippen LogP) is 5.41. The molecule has 0 amide bonds. The normalized spacial score (nSPS) is 12.2. The molecule has 0 heterocycles. The van der Waals surface area contributed by atoms with Crippen LogP contribution in [0.5, 0.6) is 0 Å². The quantitative estimate of drug-likeness (QED) is 0.661. The maximum atomic E-state index is 5.35. The number of rotatable bonds is 5. The lowest BCUT2D eigenvalue weighted by Crippen LogP contribution is -2.07. The third-order valence-electron chi connectivity index (χ3n) is 3.86. The molecule has 0 N–H and O–H groups in total. The molecular formula is C19H22S. The maximum Gasteiger partial charge on any atom is -0.00761 e. The Morgan fingerprint density at radius 1 is 1.00 bits per heavy atom. The number of hydrogen-bond donors (Lipinski definition) is 0. The first kappa shape index (κ1) is 14.9. The molecule has 0 bridgehead atoms. The second-order valence-corrected chi connectivity index (χ2v) is 6.33. The summed E-state index contributed by atoms with van der Waals surface area (Å²) in [4.78, 5) is 1.09. The Morgan fingerprint density at radius 2 is 1.70 bits per heavy atom. The second kappa shape index (κ2) is 6.81. The van der Waals surface area contributed by atoms with Crippen LogP contribution in [0, 0.1) is 13.8 Å². The predicted molar refractivity (Wildman–Crippen MR) is 91.7 cm³/mol. The van der Waals surface area contributed by atoms with Gasteiger partial charge in [0.15, 0.2) is 0 Å². The van der Waals surface area contributed by atoms with Gasteiger partial charge in [-0.25, -0.2) is 0 Å². The van der Waals surface area contributed by atoms with E-state index < -0.39 is 0 Å². The number of thiocarbonyl (C=S) groups is 1. The first-order chi connectivity index (χ1) is 9.56. The van der Waals surface area contributed by atoms with Crippen LogP contribution in [0.2, 0.25) is 0 Å². The lowest BCUT2D eigenvalue weighted by molar-refractivity contribution is 0.715. The van der Waals surface area contributed by atoms with Crippen LogP contribution in [0.25, 0.3) is 0 Å². The molecule has 0 aliphatic carbocycles. The third-order valence-corrected chi connectivity index (χ3v) is 4.03. The fraction of sp³-hybridized carbons (Fsp3) is 0.316.